The van der Waals surface area contributed by atoms with Gasteiger partial charge in [-0.3, -0.25) is 8.42 Å². The van der Waals surface area contributed by atoms with Crippen LogP contribution in [0.2, 0.25) is 0 Å². The first-order chi connectivity index (χ1) is 11.5. The van der Waals surface area contributed by atoms with Crippen LogP contribution in [0.25, 0.3) is 0 Å². The molecular formula is C19H16LiO2PS2. The maximum atomic E-state index is 12.9. The molecule has 0 heterocycles. The van der Waals surface area contributed by atoms with E-state index in [2.05, 4.69) is 0 Å². The molecule has 25 heavy (non-hydrogen) atoms. The molecule has 0 aliphatic carbocycles. The Balaban J connectivity index is 0.00000225. The zero-order chi connectivity index (χ0) is 17.0. The molecular weight excluding hydrogens is 362 g/mol. The van der Waals surface area contributed by atoms with Gasteiger partial charge in [-0.25, -0.2) is 0 Å². The maximum absolute atomic E-state index is 12.9. The molecule has 122 valence electrons. The predicted octanol–water partition coefficient (Wildman–Crippen LogP) is 0.714. The molecule has 0 aliphatic rings. The van der Waals surface area contributed by atoms with Crippen LogP contribution >= 0.6 is 6.04 Å². The quantitative estimate of drug-likeness (QED) is 0.373. The van der Waals surface area contributed by atoms with Crippen LogP contribution in [0.1, 0.15) is 0 Å². The van der Waals surface area contributed by atoms with Gasteiger partial charge in [-0.05, 0) is 22.7 Å². The molecule has 3 aromatic rings. The number of benzene rings is 3. The van der Waals surface area contributed by atoms with E-state index in [4.69, 9.17) is 11.8 Å². The molecule has 0 aliphatic heterocycles. The van der Waals surface area contributed by atoms with Gasteiger partial charge in [-0.1, -0.05) is 78.9 Å². The van der Waals surface area contributed by atoms with E-state index in [0.717, 1.165) is 10.6 Å². The first-order valence-corrected chi connectivity index (χ1v) is 11.8. The van der Waals surface area contributed by atoms with Gasteiger partial charge in [0.1, 0.15) is 0 Å². The Morgan fingerprint density at radius 1 is 0.680 bits per heavy atom. The van der Waals surface area contributed by atoms with Gasteiger partial charge < -0.3 is 0 Å². The van der Waals surface area contributed by atoms with Crippen molar-refractivity contribution in [3.63, 3.8) is 0 Å². The zero-order valence-electron chi connectivity index (χ0n) is 13.8. The monoisotopic (exact) mass is 378 g/mol. The van der Waals surface area contributed by atoms with Gasteiger partial charge in [0.05, 0.1) is 9.84 Å². The van der Waals surface area contributed by atoms with E-state index in [-0.39, 0.29) is 23.8 Å². The maximum Gasteiger partial charge on any atom is 1.00 e. The Morgan fingerprint density at radius 2 is 1.04 bits per heavy atom. The fourth-order valence-electron chi connectivity index (χ4n) is 2.44. The van der Waals surface area contributed by atoms with Crippen LogP contribution in [0.4, 0.5) is 0 Å². The first kappa shape index (κ1) is 20.2. The fraction of sp³-hybridized carbons (Fsp3) is 0. The third-order valence-electron chi connectivity index (χ3n) is 3.64. The number of hydrogen-bond donors (Lipinski definition) is 0. The van der Waals surface area contributed by atoms with Crippen LogP contribution < -0.4 is 29.5 Å². The van der Waals surface area contributed by atoms with E-state index in [1.54, 1.807) is 30.3 Å². The fourth-order valence-corrected chi connectivity index (χ4v) is 9.27. The van der Waals surface area contributed by atoms with Gasteiger partial charge in [0.25, 0.3) is 0 Å². The molecule has 2 nitrogen and oxygen atoms in total. The first-order valence-electron chi connectivity index (χ1n) is 7.39. The van der Waals surface area contributed by atoms with E-state index in [1.807, 2.05) is 60.7 Å². The molecule has 0 spiro atoms. The molecule has 0 unspecified atom stereocenters. The Kier molecular flexibility index (Phi) is 6.85. The van der Waals surface area contributed by atoms with E-state index in [1.165, 1.54) is 5.49 Å². The van der Waals surface area contributed by atoms with Crippen molar-refractivity contribution in [2.75, 3.05) is 0 Å². The molecule has 0 N–H and O–H groups in total. The van der Waals surface area contributed by atoms with Gasteiger partial charge >= 0.3 is 18.9 Å². The van der Waals surface area contributed by atoms with E-state index in [9.17, 15) is 8.42 Å². The summed E-state index contributed by atoms with van der Waals surface area (Å²) in [6.45, 7) is 0. The zero-order valence-corrected chi connectivity index (χ0v) is 16.3. The van der Waals surface area contributed by atoms with Crippen molar-refractivity contribution >= 4 is 38.3 Å². The van der Waals surface area contributed by atoms with Crippen molar-refractivity contribution < 1.29 is 27.3 Å². The van der Waals surface area contributed by atoms with Crippen molar-refractivity contribution in [2.24, 2.45) is 0 Å². The third kappa shape index (κ3) is 4.53. The van der Waals surface area contributed by atoms with Crippen LogP contribution in [-0.4, -0.2) is 8.42 Å². The van der Waals surface area contributed by atoms with Crippen LogP contribution in [-0.2, 0) is 21.6 Å². The number of rotatable bonds is 5. The van der Waals surface area contributed by atoms with Crippen LogP contribution in [0.5, 0.6) is 0 Å². The van der Waals surface area contributed by atoms with E-state index in [0.29, 0.717) is 0 Å². The normalized spacial score (nSPS) is 11.5. The topological polar surface area (TPSA) is 34.1 Å². The second-order valence-corrected chi connectivity index (χ2v) is 11.8. The smallest absolute Gasteiger partial charge is 0.257 e. The second-order valence-electron chi connectivity index (χ2n) is 5.29. The average molecular weight is 378 g/mol. The summed E-state index contributed by atoms with van der Waals surface area (Å²) in [5.41, 5.74) is 1.38. The minimum Gasteiger partial charge on any atom is -0.257 e. The molecule has 0 fully saturated rings. The molecule has 0 aromatic heterocycles. The standard InChI is InChI=1S/C19H16O2PS2.Li/c20-24(21,19-14-8-3-9-15-19)16-22(23,17-10-4-1-5-11-17)18-12-6-2-7-13-18;/h1-16H;/q-1;+1. The summed E-state index contributed by atoms with van der Waals surface area (Å²) in [7, 11) is -3.59. The van der Waals surface area contributed by atoms with E-state index < -0.39 is 15.9 Å². The molecule has 0 saturated heterocycles. The predicted molar refractivity (Wildman–Crippen MR) is 104 cm³/mol. The summed E-state index contributed by atoms with van der Waals surface area (Å²) in [6.07, 6.45) is 0. The Bertz CT molecular complexity index is 917. The number of hydrogen-bond acceptors (Lipinski definition) is 3. The largest absolute Gasteiger partial charge is 1.00 e. The van der Waals surface area contributed by atoms with Crippen molar-refractivity contribution in [3.8, 4) is 0 Å². The molecule has 0 bridgehead atoms. The van der Waals surface area contributed by atoms with E-state index >= 15 is 0 Å². The summed E-state index contributed by atoms with van der Waals surface area (Å²) < 4.78 is 25.8. The molecule has 0 saturated carbocycles. The summed E-state index contributed by atoms with van der Waals surface area (Å²) in [5, 5.41) is 1.73. The summed E-state index contributed by atoms with van der Waals surface area (Å²) >= 11 is 5.96. The molecule has 0 amide bonds. The summed E-state index contributed by atoms with van der Waals surface area (Å²) in [4.78, 5) is 0.270. The summed E-state index contributed by atoms with van der Waals surface area (Å²) in [6, 6.07) is 24.8. The van der Waals surface area contributed by atoms with Gasteiger partial charge in [0.15, 0.2) is 0 Å². The van der Waals surface area contributed by atoms with Gasteiger partial charge in [-0.15, -0.1) is 17.8 Å². The van der Waals surface area contributed by atoms with Gasteiger partial charge in [-0.2, -0.15) is 5.49 Å². The SMILES string of the molecule is O=S(=O)([CH-]P(=S)(c1ccccc1)c1ccccc1)c1ccccc1.[Li+]. The molecule has 3 aromatic carbocycles. The van der Waals surface area contributed by atoms with Crippen molar-refractivity contribution in [3.05, 3.63) is 96.5 Å². The Morgan fingerprint density at radius 3 is 1.44 bits per heavy atom. The number of sulfone groups is 1. The minimum absolute atomic E-state index is 0. The van der Waals surface area contributed by atoms with Crippen molar-refractivity contribution in [1.82, 2.24) is 0 Å². The van der Waals surface area contributed by atoms with Gasteiger partial charge in [0.2, 0.25) is 0 Å². The minimum atomic E-state index is -3.59. The Hall–Kier alpha value is -1.14. The summed E-state index contributed by atoms with van der Waals surface area (Å²) in [5.74, 6) is 0. The molecule has 0 radical (unpaired) electrons. The second kappa shape index (κ2) is 8.49. The van der Waals surface area contributed by atoms with Crippen LogP contribution in [0.3, 0.4) is 0 Å². The molecule has 3 rings (SSSR count). The van der Waals surface area contributed by atoms with Crippen LogP contribution in [0, 0.1) is 5.49 Å². The van der Waals surface area contributed by atoms with Crippen molar-refractivity contribution in [1.29, 1.82) is 0 Å². The molecule has 0 atom stereocenters. The van der Waals surface area contributed by atoms with Crippen molar-refractivity contribution in [2.45, 2.75) is 4.90 Å². The third-order valence-corrected chi connectivity index (χ3v) is 11.0. The molecule has 6 heteroatoms. The van der Waals surface area contributed by atoms with Crippen LogP contribution in [0.15, 0.2) is 95.9 Å². The van der Waals surface area contributed by atoms with Gasteiger partial charge in [0, 0.05) is 4.90 Å². The Labute approximate surface area is 166 Å². The average Bonchev–Trinajstić information content (AvgIpc) is 2.63.